The third-order valence-electron chi connectivity index (χ3n) is 1.27. The van der Waals surface area contributed by atoms with Crippen molar-refractivity contribution in [2.75, 3.05) is 6.61 Å². The lowest BCUT2D eigenvalue weighted by Gasteiger charge is -2.12. The molecule has 0 heterocycles. The highest BCUT2D eigenvalue weighted by atomic mass is 32.2. The molecule has 6 heteroatoms. The Labute approximate surface area is 78.5 Å². The molecule has 0 aliphatic carbocycles. The monoisotopic (exact) mass is 208 g/mol. The number of hydrogen-bond acceptors (Lipinski definition) is 5. The van der Waals surface area contributed by atoms with E-state index in [0.717, 1.165) is 6.08 Å². The van der Waals surface area contributed by atoms with Crippen LogP contribution in [0.2, 0.25) is 0 Å². The quantitative estimate of drug-likeness (QED) is 0.379. The fourth-order valence-corrected chi connectivity index (χ4v) is 0.880. The van der Waals surface area contributed by atoms with Crippen LogP contribution in [0.5, 0.6) is 0 Å². The third-order valence-corrected chi connectivity index (χ3v) is 1.63. The molecule has 76 valence electrons. The van der Waals surface area contributed by atoms with Crippen molar-refractivity contribution in [1.29, 1.82) is 0 Å². The predicted molar refractivity (Wildman–Crippen MR) is 46.6 cm³/mol. The van der Waals surface area contributed by atoms with E-state index in [1.807, 2.05) is 0 Å². The van der Waals surface area contributed by atoms with E-state index in [-0.39, 0.29) is 6.61 Å². The molecule has 0 radical (unpaired) electrons. The summed E-state index contributed by atoms with van der Waals surface area (Å²) in [7, 11) is -2.89. The SMILES string of the molecule is C=CC(=O)OC(CC)CO[SH](=O)=O. The van der Waals surface area contributed by atoms with Gasteiger partial charge in [0.1, 0.15) is 12.7 Å². The zero-order chi connectivity index (χ0) is 10.3. The first kappa shape index (κ1) is 12.1. The van der Waals surface area contributed by atoms with E-state index in [1.165, 1.54) is 0 Å². The number of carbonyl (C=O) groups excluding carboxylic acids is 1. The summed E-state index contributed by atoms with van der Waals surface area (Å²) in [5.74, 6) is -0.587. The van der Waals surface area contributed by atoms with E-state index in [4.69, 9.17) is 4.74 Å². The number of hydrogen-bond donors (Lipinski definition) is 1. The Balaban J connectivity index is 3.88. The summed E-state index contributed by atoms with van der Waals surface area (Å²) in [5.41, 5.74) is 0. The van der Waals surface area contributed by atoms with Crippen molar-refractivity contribution in [2.45, 2.75) is 19.4 Å². The van der Waals surface area contributed by atoms with Gasteiger partial charge in [-0.05, 0) is 6.42 Å². The number of esters is 1. The van der Waals surface area contributed by atoms with Crippen molar-refractivity contribution < 1.29 is 22.1 Å². The molecule has 0 bridgehead atoms. The molecule has 5 nitrogen and oxygen atoms in total. The summed E-state index contributed by atoms with van der Waals surface area (Å²) in [5, 5.41) is 0. The van der Waals surface area contributed by atoms with Gasteiger partial charge in [-0.15, -0.1) is 0 Å². The lowest BCUT2D eigenvalue weighted by atomic mass is 10.3. The number of thiol groups is 1. The molecule has 0 aliphatic rings. The Morgan fingerprint density at radius 2 is 2.23 bits per heavy atom. The zero-order valence-corrected chi connectivity index (χ0v) is 8.16. The second kappa shape index (κ2) is 6.62. The van der Waals surface area contributed by atoms with Crippen LogP contribution >= 0.6 is 0 Å². The van der Waals surface area contributed by atoms with Crippen LogP contribution in [0.25, 0.3) is 0 Å². The van der Waals surface area contributed by atoms with Crippen molar-refractivity contribution in [3.05, 3.63) is 12.7 Å². The van der Waals surface area contributed by atoms with Crippen LogP contribution in [0.3, 0.4) is 0 Å². The molecule has 0 saturated carbocycles. The van der Waals surface area contributed by atoms with Gasteiger partial charge in [0.25, 0.3) is 11.0 Å². The van der Waals surface area contributed by atoms with Crippen molar-refractivity contribution >= 4 is 17.0 Å². The Hall–Kier alpha value is -0.880. The Kier molecular flexibility index (Phi) is 6.17. The first-order valence-corrected chi connectivity index (χ1v) is 4.80. The van der Waals surface area contributed by atoms with Crippen molar-refractivity contribution in [1.82, 2.24) is 0 Å². The van der Waals surface area contributed by atoms with Gasteiger partial charge >= 0.3 is 5.97 Å². The van der Waals surface area contributed by atoms with Crippen LogP contribution in [-0.2, 0) is 24.7 Å². The maximum absolute atomic E-state index is 10.7. The van der Waals surface area contributed by atoms with E-state index in [1.54, 1.807) is 6.92 Å². The van der Waals surface area contributed by atoms with E-state index >= 15 is 0 Å². The van der Waals surface area contributed by atoms with Gasteiger partial charge in [0, 0.05) is 6.08 Å². The van der Waals surface area contributed by atoms with E-state index in [9.17, 15) is 13.2 Å². The number of rotatable bonds is 6. The molecular formula is C7H12O5S. The van der Waals surface area contributed by atoms with Crippen molar-refractivity contribution in [2.24, 2.45) is 0 Å². The van der Waals surface area contributed by atoms with E-state index in [0.29, 0.717) is 6.42 Å². The molecule has 0 aromatic rings. The molecule has 0 aromatic heterocycles. The summed E-state index contributed by atoms with van der Waals surface area (Å²) >= 11 is 0. The van der Waals surface area contributed by atoms with E-state index in [2.05, 4.69) is 10.8 Å². The van der Waals surface area contributed by atoms with Gasteiger partial charge in [-0.3, -0.25) is 4.18 Å². The predicted octanol–water partition coefficient (Wildman–Crippen LogP) is 0.0372. The lowest BCUT2D eigenvalue weighted by Crippen LogP contribution is -2.21. The minimum absolute atomic E-state index is 0.144. The molecule has 0 aromatic carbocycles. The highest BCUT2D eigenvalue weighted by Crippen LogP contribution is 1.99. The highest BCUT2D eigenvalue weighted by Gasteiger charge is 2.10. The van der Waals surface area contributed by atoms with Crippen molar-refractivity contribution in [3.63, 3.8) is 0 Å². The highest BCUT2D eigenvalue weighted by molar-refractivity contribution is 7.67. The summed E-state index contributed by atoms with van der Waals surface area (Å²) in [6, 6.07) is 0. The van der Waals surface area contributed by atoms with Crippen molar-refractivity contribution in [3.8, 4) is 0 Å². The van der Waals surface area contributed by atoms with Gasteiger partial charge in [0.05, 0.1) is 0 Å². The summed E-state index contributed by atoms with van der Waals surface area (Å²) < 4.78 is 29.1. The molecule has 0 spiro atoms. The summed E-state index contributed by atoms with van der Waals surface area (Å²) in [4.78, 5) is 10.7. The Bertz CT molecular complexity index is 237. The molecule has 1 unspecified atom stereocenters. The minimum Gasteiger partial charge on any atom is -0.457 e. The Morgan fingerprint density at radius 1 is 1.62 bits per heavy atom. The van der Waals surface area contributed by atoms with Gasteiger partial charge < -0.3 is 4.74 Å². The summed E-state index contributed by atoms with van der Waals surface area (Å²) in [6.07, 6.45) is 0.959. The smallest absolute Gasteiger partial charge is 0.330 e. The molecule has 0 aliphatic heterocycles. The third kappa shape index (κ3) is 6.30. The van der Waals surface area contributed by atoms with Gasteiger partial charge in [-0.2, -0.15) is 0 Å². The molecule has 0 rings (SSSR count). The molecule has 0 saturated heterocycles. The number of ether oxygens (including phenoxy) is 1. The van der Waals surface area contributed by atoms with Crippen LogP contribution in [0.15, 0.2) is 12.7 Å². The Morgan fingerprint density at radius 3 is 2.62 bits per heavy atom. The maximum atomic E-state index is 10.7. The first-order chi connectivity index (χ1) is 6.10. The average molecular weight is 208 g/mol. The second-order valence-electron chi connectivity index (χ2n) is 2.19. The topological polar surface area (TPSA) is 69.7 Å². The second-order valence-corrected chi connectivity index (χ2v) is 2.90. The van der Waals surface area contributed by atoms with Crippen LogP contribution < -0.4 is 0 Å². The average Bonchev–Trinajstić information content (AvgIpc) is 2.11. The fraction of sp³-hybridized carbons (Fsp3) is 0.571. The van der Waals surface area contributed by atoms with E-state index < -0.39 is 23.1 Å². The van der Waals surface area contributed by atoms with Gasteiger partial charge in [0.15, 0.2) is 0 Å². The zero-order valence-electron chi connectivity index (χ0n) is 7.26. The largest absolute Gasteiger partial charge is 0.457 e. The van der Waals surface area contributed by atoms with Crippen LogP contribution in [0.1, 0.15) is 13.3 Å². The van der Waals surface area contributed by atoms with Crippen LogP contribution in [-0.4, -0.2) is 27.1 Å². The van der Waals surface area contributed by atoms with Gasteiger partial charge in [-0.1, -0.05) is 13.5 Å². The molecule has 0 fully saturated rings. The van der Waals surface area contributed by atoms with Crippen LogP contribution in [0, 0.1) is 0 Å². The van der Waals surface area contributed by atoms with Gasteiger partial charge in [-0.25, -0.2) is 13.2 Å². The molecule has 0 N–H and O–H groups in total. The minimum atomic E-state index is -2.89. The first-order valence-electron chi connectivity index (χ1n) is 3.70. The normalized spacial score (nSPS) is 12.5. The maximum Gasteiger partial charge on any atom is 0.330 e. The standard InChI is InChI=1S/C7H12O5S/c1-3-6(5-11-13(9)10)12-7(8)4-2/h4,6,13H,2-3,5H2,1H3. The molecule has 1 atom stereocenters. The van der Waals surface area contributed by atoms with Gasteiger partial charge in [0.2, 0.25) is 0 Å². The summed E-state index contributed by atoms with van der Waals surface area (Å²) in [6.45, 7) is 4.82. The fourth-order valence-electron chi connectivity index (χ4n) is 0.592. The number of carbonyl (C=O) groups is 1. The molecule has 13 heavy (non-hydrogen) atoms. The molecular weight excluding hydrogens is 196 g/mol. The molecule has 0 amide bonds. The van der Waals surface area contributed by atoms with Crippen LogP contribution in [0.4, 0.5) is 0 Å². The lowest BCUT2D eigenvalue weighted by molar-refractivity contribution is -0.144.